The van der Waals surface area contributed by atoms with Gasteiger partial charge >= 0.3 is 0 Å². The van der Waals surface area contributed by atoms with E-state index in [0.29, 0.717) is 10.0 Å². The van der Waals surface area contributed by atoms with Crippen molar-refractivity contribution in [2.45, 2.75) is 33.1 Å². The number of hydrogen-bond acceptors (Lipinski definition) is 3. The topological polar surface area (TPSA) is 39.4 Å². The van der Waals surface area contributed by atoms with Gasteiger partial charge in [0.05, 0.1) is 23.5 Å². The van der Waals surface area contributed by atoms with Crippen LogP contribution < -0.4 is 4.74 Å². The maximum atomic E-state index is 6.63. The van der Waals surface area contributed by atoms with E-state index in [9.17, 15) is 0 Å². The minimum atomic E-state index is 0. The van der Waals surface area contributed by atoms with Gasteiger partial charge in [-0.1, -0.05) is 29.3 Å². The molecule has 4 aromatic rings. The minimum Gasteiger partial charge on any atom is -0.497 e. The number of fused-ring (bicyclic) bond motifs is 2. The first-order valence-corrected chi connectivity index (χ1v) is 10.7. The molecule has 5 rings (SSSR count). The minimum absolute atomic E-state index is 0. The number of methoxy groups -OCH3 is 1. The second-order valence-electron chi connectivity index (χ2n) is 7.74. The van der Waals surface area contributed by atoms with Crippen molar-refractivity contribution in [3.8, 4) is 28.1 Å². The molecule has 0 fully saturated rings. The third kappa shape index (κ3) is 3.57. The fraction of sp³-hybridized carbons (Fsp3) is 0.250. The summed E-state index contributed by atoms with van der Waals surface area (Å²) in [6.45, 7) is 4.12. The Hall–Kier alpha value is -2.27. The van der Waals surface area contributed by atoms with Crippen LogP contribution in [0.3, 0.4) is 0 Å². The van der Waals surface area contributed by atoms with Gasteiger partial charge in [-0.25, -0.2) is 9.50 Å². The van der Waals surface area contributed by atoms with Gasteiger partial charge in [-0.2, -0.15) is 5.10 Å². The fourth-order valence-corrected chi connectivity index (χ4v) is 4.95. The molecule has 1 aliphatic carbocycles. The molecule has 1 aliphatic rings. The van der Waals surface area contributed by atoms with Gasteiger partial charge in [0.25, 0.3) is 0 Å². The molecule has 7 heteroatoms. The summed E-state index contributed by atoms with van der Waals surface area (Å²) in [6.07, 6.45) is 3.03. The van der Waals surface area contributed by atoms with Crippen molar-refractivity contribution >= 4 is 41.3 Å². The molecule has 0 radical (unpaired) electrons. The zero-order valence-electron chi connectivity index (χ0n) is 17.5. The lowest BCUT2D eigenvalue weighted by atomic mass is 10.00. The van der Waals surface area contributed by atoms with E-state index >= 15 is 0 Å². The molecule has 0 unspecified atom stereocenters. The van der Waals surface area contributed by atoms with Crippen LogP contribution >= 0.6 is 35.6 Å². The summed E-state index contributed by atoms with van der Waals surface area (Å²) >= 11 is 12.8. The molecular weight excluding hydrogens is 453 g/mol. The Labute approximate surface area is 197 Å². The molecule has 0 N–H and O–H groups in total. The van der Waals surface area contributed by atoms with Crippen LogP contribution in [0, 0.1) is 13.8 Å². The summed E-state index contributed by atoms with van der Waals surface area (Å²) < 4.78 is 7.35. The van der Waals surface area contributed by atoms with E-state index in [1.807, 2.05) is 35.7 Å². The molecule has 2 heterocycles. The molecule has 160 valence electrons. The summed E-state index contributed by atoms with van der Waals surface area (Å²) in [7, 11) is 1.68. The number of ether oxygens (including phenoxy) is 1. The summed E-state index contributed by atoms with van der Waals surface area (Å²) in [5.74, 6) is 0.841. The van der Waals surface area contributed by atoms with Crippen LogP contribution in [-0.2, 0) is 12.8 Å². The van der Waals surface area contributed by atoms with E-state index in [2.05, 4.69) is 13.0 Å². The lowest BCUT2D eigenvalue weighted by Gasteiger charge is -2.14. The molecule has 31 heavy (non-hydrogen) atoms. The van der Waals surface area contributed by atoms with Crippen LogP contribution in [0.15, 0.2) is 36.4 Å². The van der Waals surface area contributed by atoms with Gasteiger partial charge < -0.3 is 4.74 Å². The van der Waals surface area contributed by atoms with E-state index in [-0.39, 0.29) is 12.4 Å². The van der Waals surface area contributed by atoms with Crippen LogP contribution in [0.5, 0.6) is 5.75 Å². The quantitative estimate of drug-likeness (QED) is 0.324. The Morgan fingerprint density at radius 1 is 1.00 bits per heavy atom. The third-order valence-corrected chi connectivity index (χ3v) is 6.40. The maximum Gasteiger partial charge on any atom is 0.164 e. The molecule has 0 aliphatic heterocycles. The van der Waals surface area contributed by atoms with Crippen LogP contribution in [-0.4, -0.2) is 21.7 Å². The number of halogens is 3. The van der Waals surface area contributed by atoms with Crippen LogP contribution in [0.1, 0.15) is 28.9 Å². The largest absolute Gasteiger partial charge is 0.497 e. The Morgan fingerprint density at radius 2 is 1.77 bits per heavy atom. The maximum absolute atomic E-state index is 6.63. The molecule has 0 amide bonds. The van der Waals surface area contributed by atoms with Crippen molar-refractivity contribution in [1.82, 2.24) is 14.6 Å². The second-order valence-corrected chi connectivity index (χ2v) is 8.58. The summed E-state index contributed by atoms with van der Waals surface area (Å²) in [5.41, 5.74) is 9.41. The predicted octanol–water partition coefficient (Wildman–Crippen LogP) is 6.91. The highest BCUT2D eigenvalue weighted by Crippen LogP contribution is 2.40. The first kappa shape index (κ1) is 21.9. The van der Waals surface area contributed by atoms with Crippen molar-refractivity contribution in [1.29, 1.82) is 0 Å². The Morgan fingerprint density at radius 3 is 2.48 bits per heavy atom. The lowest BCUT2D eigenvalue weighted by molar-refractivity contribution is 0.414. The highest BCUT2D eigenvalue weighted by Gasteiger charge is 2.26. The SMILES string of the molecule is COc1ccc(-c2c(C)nn3c(-c4ccc(Cl)cc4Cl)c4c(nc23)CCC4)c(C)c1.Cl. The highest BCUT2D eigenvalue weighted by atomic mass is 35.5. The van der Waals surface area contributed by atoms with Gasteiger partial charge in [-0.3, -0.25) is 0 Å². The normalized spacial score (nSPS) is 12.7. The summed E-state index contributed by atoms with van der Waals surface area (Å²) in [4.78, 5) is 5.07. The smallest absolute Gasteiger partial charge is 0.164 e. The summed E-state index contributed by atoms with van der Waals surface area (Å²) in [5, 5.41) is 6.17. The van der Waals surface area contributed by atoms with Crippen molar-refractivity contribution in [3.05, 3.63) is 69.0 Å². The van der Waals surface area contributed by atoms with E-state index < -0.39 is 0 Å². The molecule has 0 spiro atoms. The number of nitrogens with zero attached hydrogens (tertiary/aromatic N) is 3. The number of rotatable bonds is 3. The fourth-order valence-electron chi connectivity index (χ4n) is 4.45. The van der Waals surface area contributed by atoms with E-state index in [1.54, 1.807) is 13.2 Å². The Balaban J connectivity index is 0.00000231. The molecule has 2 aromatic heterocycles. The molecule has 0 bridgehead atoms. The number of aryl methyl sites for hydroxylation is 3. The Bertz CT molecular complexity index is 1310. The molecule has 0 saturated heterocycles. The average Bonchev–Trinajstić information content (AvgIpc) is 3.30. The number of aromatic nitrogens is 3. The third-order valence-electron chi connectivity index (χ3n) is 5.85. The van der Waals surface area contributed by atoms with Crippen molar-refractivity contribution in [3.63, 3.8) is 0 Å². The molecule has 0 saturated carbocycles. The van der Waals surface area contributed by atoms with Crippen LogP contribution in [0.25, 0.3) is 28.0 Å². The van der Waals surface area contributed by atoms with Crippen LogP contribution in [0.2, 0.25) is 10.0 Å². The molecular formula is C24H22Cl3N3O. The first-order valence-electron chi connectivity index (χ1n) is 9.99. The number of hydrogen-bond donors (Lipinski definition) is 0. The first-order chi connectivity index (χ1) is 14.5. The monoisotopic (exact) mass is 473 g/mol. The predicted molar refractivity (Wildman–Crippen MR) is 129 cm³/mol. The average molecular weight is 475 g/mol. The van der Waals surface area contributed by atoms with Crippen LogP contribution in [0.4, 0.5) is 0 Å². The summed E-state index contributed by atoms with van der Waals surface area (Å²) in [6, 6.07) is 11.8. The highest BCUT2D eigenvalue weighted by molar-refractivity contribution is 6.36. The Kier molecular flexibility index (Phi) is 5.91. The van der Waals surface area contributed by atoms with Crippen molar-refractivity contribution in [2.75, 3.05) is 7.11 Å². The molecule has 0 atom stereocenters. The van der Waals surface area contributed by atoms with E-state index in [1.165, 1.54) is 5.56 Å². The van der Waals surface area contributed by atoms with Gasteiger partial charge in [0.15, 0.2) is 5.65 Å². The van der Waals surface area contributed by atoms with Gasteiger partial charge in [-0.05, 0) is 74.6 Å². The lowest BCUT2D eigenvalue weighted by Crippen LogP contribution is -2.04. The number of benzene rings is 2. The zero-order chi connectivity index (χ0) is 21.0. The molecule has 4 nitrogen and oxygen atoms in total. The van der Waals surface area contributed by atoms with Crippen molar-refractivity contribution < 1.29 is 4.74 Å². The zero-order valence-corrected chi connectivity index (χ0v) is 19.8. The van der Waals surface area contributed by atoms with Crippen molar-refractivity contribution in [2.24, 2.45) is 0 Å². The van der Waals surface area contributed by atoms with E-state index in [4.69, 9.17) is 38.0 Å². The molecule has 2 aromatic carbocycles. The van der Waals surface area contributed by atoms with Gasteiger partial charge in [0.1, 0.15) is 5.75 Å². The van der Waals surface area contributed by atoms with E-state index in [0.717, 1.165) is 70.0 Å². The standard InChI is InChI=1S/C24H21Cl2N3O.ClH/c1-13-11-16(30-3)8-10-17(13)22-14(2)28-29-23(18-9-7-15(25)12-20(18)26)19-5-4-6-21(19)27-24(22)29;/h7-12H,4-6H2,1-3H3;1H. The van der Waals surface area contributed by atoms with Gasteiger partial charge in [-0.15, -0.1) is 12.4 Å². The van der Waals surface area contributed by atoms with Gasteiger partial charge in [0, 0.05) is 27.4 Å². The second kappa shape index (κ2) is 8.34. The van der Waals surface area contributed by atoms with Gasteiger partial charge in [0.2, 0.25) is 0 Å².